The first-order valence-electron chi connectivity index (χ1n) is 7.22. The second-order valence-electron chi connectivity index (χ2n) is 6.04. The topological polar surface area (TPSA) is 32.3 Å². The van der Waals surface area contributed by atoms with Gasteiger partial charge in [0, 0.05) is 5.69 Å². The molecule has 2 rings (SSSR count). The average molecular weight is 265 g/mol. The van der Waals surface area contributed by atoms with E-state index in [1.807, 2.05) is 0 Å². The van der Waals surface area contributed by atoms with Crippen molar-refractivity contribution in [3.05, 3.63) is 30.1 Å². The predicted octanol–water partition coefficient (Wildman–Crippen LogP) is 3.81. The quantitative estimate of drug-likeness (QED) is 0.867. The minimum atomic E-state index is -0.260. The van der Waals surface area contributed by atoms with Gasteiger partial charge in [0.2, 0.25) is 0 Å². The number of aliphatic hydroxyl groups excluding tert-OH is 1. The van der Waals surface area contributed by atoms with Gasteiger partial charge in [0.05, 0.1) is 12.1 Å². The van der Waals surface area contributed by atoms with Crippen molar-refractivity contribution in [2.24, 2.45) is 11.8 Å². The van der Waals surface area contributed by atoms with Gasteiger partial charge in [-0.2, -0.15) is 0 Å². The van der Waals surface area contributed by atoms with Crippen LogP contribution < -0.4 is 5.32 Å². The van der Waals surface area contributed by atoms with Crippen molar-refractivity contribution in [3.63, 3.8) is 0 Å². The fourth-order valence-electron chi connectivity index (χ4n) is 3.45. The summed E-state index contributed by atoms with van der Waals surface area (Å²) in [5.41, 5.74) is 0.632. The van der Waals surface area contributed by atoms with Crippen LogP contribution in [0.2, 0.25) is 0 Å². The fraction of sp³-hybridized carbons (Fsp3) is 0.625. The van der Waals surface area contributed by atoms with Crippen LogP contribution >= 0.6 is 0 Å². The summed E-state index contributed by atoms with van der Waals surface area (Å²) in [7, 11) is 0. The molecule has 1 aromatic carbocycles. The smallest absolute Gasteiger partial charge is 0.123 e. The summed E-state index contributed by atoms with van der Waals surface area (Å²) in [5, 5.41) is 13.4. The molecule has 1 aliphatic carbocycles. The van der Waals surface area contributed by atoms with Crippen LogP contribution in [0.25, 0.3) is 0 Å². The Bertz CT molecular complexity index is 404. The lowest BCUT2D eigenvalue weighted by atomic mass is 9.68. The lowest BCUT2D eigenvalue weighted by Crippen LogP contribution is -2.52. The Labute approximate surface area is 115 Å². The molecule has 2 nitrogen and oxygen atoms in total. The Balaban J connectivity index is 2.22. The van der Waals surface area contributed by atoms with Crippen LogP contribution in [0.1, 0.15) is 39.5 Å². The molecule has 1 saturated carbocycles. The number of rotatable bonds is 4. The molecule has 19 heavy (non-hydrogen) atoms. The molecule has 106 valence electrons. The van der Waals surface area contributed by atoms with Crippen molar-refractivity contribution in [2.45, 2.75) is 45.1 Å². The van der Waals surface area contributed by atoms with Crippen molar-refractivity contribution in [1.82, 2.24) is 0 Å². The summed E-state index contributed by atoms with van der Waals surface area (Å²) in [4.78, 5) is 0. The normalized spacial score (nSPS) is 27.5. The van der Waals surface area contributed by atoms with Crippen LogP contribution in [0, 0.1) is 17.7 Å². The van der Waals surface area contributed by atoms with E-state index in [9.17, 15) is 9.50 Å². The molecule has 1 aromatic rings. The molecule has 2 atom stereocenters. The SMILES string of the molecule is CC(C)C1CCCCC1(CO)Nc1ccc(F)cc1. The predicted molar refractivity (Wildman–Crippen MR) is 76.6 cm³/mol. The summed E-state index contributed by atoms with van der Waals surface area (Å²) >= 11 is 0. The molecule has 0 amide bonds. The van der Waals surface area contributed by atoms with Gasteiger partial charge >= 0.3 is 0 Å². The van der Waals surface area contributed by atoms with Gasteiger partial charge in [0.25, 0.3) is 0 Å². The fourth-order valence-corrected chi connectivity index (χ4v) is 3.45. The first kappa shape index (κ1) is 14.3. The Hall–Kier alpha value is -1.09. The highest BCUT2D eigenvalue weighted by molar-refractivity contribution is 5.46. The number of nitrogens with one attached hydrogen (secondary N) is 1. The third kappa shape index (κ3) is 3.08. The van der Waals surface area contributed by atoms with Gasteiger partial charge in [-0.3, -0.25) is 0 Å². The Kier molecular flexibility index (Phi) is 4.46. The molecule has 0 spiro atoms. The molecule has 0 radical (unpaired) electrons. The van der Waals surface area contributed by atoms with Crippen LogP contribution in [0.5, 0.6) is 0 Å². The number of halogens is 1. The van der Waals surface area contributed by atoms with E-state index in [0.717, 1.165) is 24.9 Å². The molecule has 0 bridgehead atoms. The summed E-state index contributed by atoms with van der Waals surface area (Å²) < 4.78 is 13.0. The Morgan fingerprint density at radius 3 is 2.58 bits per heavy atom. The molecule has 1 aliphatic rings. The zero-order valence-corrected chi connectivity index (χ0v) is 11.8. The molecule has 2 unspecified atom stereocenters. The van der Waals surface area contributed by atoms with Crippen LogP contribution in [0.3, 0.4) is 0 Å². The van der Waals surface area contributed by atoms with Gasteiger partial charge in [-0.05, 0) is 48.9 Å². The molecular formula is C16H24FNO. The molecule has 3 heteroatoms. The number of hydrogen-bond acceptors (Lipinski definition) is 2. The van der Waals surface area contributed by atoms with E-state index in [1.165, 1.54) is 18.6 Å². The van der Waals surface area contributed by atoms with Crippen LogP contribution in [0.4, 0.5) is 10.1 Å². The maximum Gasteiger partial charge on any atom is 0.123 e. The summed E-state index contributed by atoms with van der Waals surface area (Å²) in [5.74, 6) is 0.754. The molecule has 0 saturated heterocycles. The number of aliphatic hydroxyl groups is 1. The summed E-state index contributed by atoms with van der Waals surface area (Å²) in [6.07, 6.45) is 4.49. The second-order valence-corrected chi connectivity index (χ2v) is 6.04. The van der Waals surface area contributed by atoms with E-state index in [0.29, 0.717) is 11.8 Å². The number of benzene rings is 1. The number of hydrogen-bond donors (Lipinski definition) is 2. The first-order chi connectivity index (χ1) is 9.07. The molecule has 0 aromatic heterocycles. The molecule has 1 fully saturated rings. The van der Waals surface area contributed by atoms with E-state index in [1.54, 1.807) is 12.1 Å². The van der Waals surface area contributed by atoms with E-state index >= 15 is 0 Å². The van der Waals surface area contributed by atoms with E-state index in [-0.39, 0.29) is 18.0 Å². The van der Waals surface area contributed by atoms with E-state index in [4.69, 9.17) is 0 Å². The van der Waals surface area contributed by atoms with Crippen molar-refractivity contribution in [2.75, 3.05) is 11.9 Å². The molecule has 0 heterocycles. The minimum absolute atomic E-state index is 0.132. The minimum Gasteiger partial charge on any atom is -0.394 e. The highest BCUT2D eigenvalue weighted by atomic mass is 19.1. The van der Waals surface area contributed by atoms with Crippen molar-refractivity contribution in [1.29, 1.82) is 0 Å². The largest absolute Gasteiger partial charge is 0.394 e. The average Bonchev–Trinajstić information content (AvgIpc) is 2.41. The van der Waals surface area contributed by atoms with Gasteiger partial charge in [-0.25, -0.2) is 4.39 Å². The van der Waals surface area contributed by atoms with Crippen molar-refractivity contribution < 1.29 is 9.50 Å². The zero-order valence-electron chi connectivity index (χ0n) is 11.8. The highest BCUT2D eigenvalue weighted by Gasteiger charge is 2.41. The van der Waals surface area contributed by atoms with Crippen LogP contribution in [-0.2, 0) is 0 Å². The molecule has 0 aliphatic heterocycles. The Morgan fingerprint density at radius 2 is 2.00 bits per heavy atom. The van der Waals surface area contributed by atoms with Crippen molar-refractivity contribution in [3.8, 4) is 0 Å². The monoisotopic (exact) mass is 265 g/mol. The van der Waals surface area contributed by atoms with Gasteiger partial charge in [-0.1, -0.05) is 26.7 Å². The van der Waals surface area contributed by atoms with Crippen LogP contribution in [-0.4, -0.2) is 17.3 Å². The molecular weight excluding hydrogens is 241 g/mol. The summed E-state index contributed by atoms with van der Waals surface area (Å²) in [6, 6.07) is 6.42. The standard InChI is InChI=1S/C16H24FNO/c1-12(2)15-5-3-4-10-16(15,11-19)18-14-8-6-13(17)7-9-14/h6-9,12,15,18-19H,3-5,10-11H2,1-2H3. The van der Waals surface area contributed by atoms with E-state index < -0.39 is 0 Å². The summed E-state index contributed by atoms with van der Waals surface area (Å²) in [6.45, 7) is 4.56. The van der Waals surface area contributed by atoms with Gasteiger partial charge < -0.3 is 10.4 Å². The molecule has 2 N–H and O–H groups in total. The lowest BCUT2D eigenvalue weighted by Gasteiger charge is -2.46. The Morgan fingerprint density at radius 1 is 1.32 bits per heavy atom. The number of anilines is 1. The van der Waals surface area contributed by atoms with E-state index in [2.05, 4.69) is 19.2 Å². The van der Waals surface area contributed by atoms with Gasteiger partial charge in [0.1, 0.15) is 5.82 Å². The third-order valence-corrected chi connectivity index (χ3v) is 4.42. The van der Waals surface area contributed by atoms with Gasteiger partial charge in [0.15, 0.2) is 0 Å². The van der Waals surface area contributed by atoms with Gasteiger partial charge in [-0.15, -0.1) is 0 Å². The lowest BCUT2D eigenvalue weighted by molar-refractivity contribution is 0.0898. The second kappa shape index (κ2) is 5.91. The zero-order chi connectivity index (χ0) is 13.9. The first-order valence-corrected chi connectivity index (χ1v) is 7.22. The maximum atomic E-state index is 13.0. The van der Waals surface area contributed by atoms with Crippen LogP contribution in [0.15, 0.2) is 24.3 Å². The highest BCUT2D eigenvalue weighted by Crippen LogP contribution is 2.40. The maximum absolute atomic E-state index is 13.0. The third-order valence-electron chi connectivity index (χ3n) is 4.42. The van der Waals surface area contributed by atoms with Crippen molar-refractivity contribution >= 4 is 5.69 Å².